The maximum Gasteiger partial charge on any atom is 0.433 e. The second kappa shape index (κ2) is 5.63. The summed E-state index contributed by atoms with van der Waals surface area (Å²) in [6.07, 6.45) is -4.55. The Morgan fingerprint density at radius 2 is 2.05 bits per heavy atom. The van der Waals surface area contributed by atoms with Crippen molar-refractivity contribution in [1.29, 1.82) is 0 Å². The van der Waals surface area contributed by atoms with Gasteiger partial charge in [0.25, 0.3) is 0 Å². The molecule has 0 atom stereocenters. The van der Waals surface area contributed by atoms with Crippen molar-refractivity contribution in [3.05, 3.63) is 33.6 Å². The number of hydrogen-bond acceptors (Lipinski definition) is 6. The molecule has 0 radical (unpaired) electrons. The van der Waals surface area contributed by atoms with E-state index in [-0.39, 0.29) is 11.8 Å². The highest BCUT2D eigenvalue weighted by atomic mass is 32.1. The lowest BCUT2D eigenvalue weighted by atomic mass is 10.3. The van der Waals surface area contributed by atoms with Crippen molar-refractivity contribution in [2.75, 3.05) is 10.7 Å². The average Bonchev–Trinajstić information content (AvgIpc) is 2.81. The van der Waals surface area contributed by atoms with Gasteiger partial charge in [-0.3, -0.25) is 5.43 Å². The topological polar surface area (TPSA) is 75.9 Å². The Bertz CT molecular complexity index is 596. The second-order valence-corrected chi connectivity index (χ2v) is 5.34. The normalized spacial score (nSPS) is 11.4. The Hall–Kier alpha value is -1.87. The highest BCUT2D eigenvalue weighted by molar-refractivity contribution is 7.11. The van der Waals surface area contributed by atoms with Crippen molar-refractivity contribution in [1.82, 2.24) is 9.97 Å². The molecule has 0 unspecified atom stereocenters. The maximum atomic E-state index is 12.7. The lowest BCUT2D eigenvalue weighted by Crippen LogP contribution is -2.16. The van der Waals surface area contributed by atoms with Crippen LogP contribution in [0.25, 0.3) is 0 Å². The number of rotatable bonds is 4. The van der Waals surface area contributed by atoms with Crippen LogP contribution in [0, 0.1) is 6.92 Å². The molecule has 0 saturated carbocycles. The predicted octanol–water partition coefficient (Wildman–Crippen LogP) is 2.76. The number of halogens is 3. The van der Waals surface area contributed by atoms with Crippen LogP contribution in [0.2, 0.25) is 0 Å². The number of nitrogens with one attached hydrogen (secondary N) is 2. The van der Waals surface area contributed by atoms with Crippen LogP contribution in [0.4, 0.5) is 24.9 Å². The molecule has 4 N–H and O–H groups in total. The van der Waals surface area contributed by atoms with E-state index in [0.717, 1.165) is 15.8 Å². The number of hydrogen-bond donors (Lipinski definition) is 3. The second-order valence-electron chi connectivity index (χ2n) is 3.97. The Labute approximate surface area is 117 Å². The van der Waals surface area contributed by atoms with Crippen molar-refractivity contribution in [2.24, 2.45) is 5.84 Å². The predicted molar refractivity (Wildman–Crippen MR) is 71.2 cm³/mol. The monoisotopic (exact) mass is 303 g/mol. The van der Waals surface area contributed by atoms with E-state index in [1.807, 2.05) is 24.5 Å². The highest BCUT2D eigenvalue weighted by Crippen LogP contribution is 2.29. The van der Waals surface area contributed by atoms with E-state index in [0.29, 0.717) is 6.54 Å². The van der Waals surface area contributed by atoms with Gasteiger partial charge >= 0.3 is 6.18 Å². The van der Waals surface area contributed by atoms with Crippen molar-refractivity contribution < 1.29 is 13.2 Å². The first-order valence-corrected chi connectivity index (χ1v) is 6.42. The van der Waals surface area contributed by atoms with Gasteiger partial charge in [-0.2, -0.15) is 18.2 Å². The number of aromatic nitrogens is 2. The molecule has 9 heteroatoms. The summed E-state index contributed by atoms with van der Waals surface area (Å²) in [6, 6.07) is 4.69. The number of hydrazine groups is 1. The van der Waals surface area contributed by atoms with E-state index in [9.17, 15) is 13.2 Å². The summed E-state index contributed by atoms with van der Waals surface area (Å²) in [5, 5.41) is 2.83. The van der Waals surface area contributed by atoms with Crippen LogP contribution in [-0.4, -0.2) is 9.97 Å². The minimum atomic E-state index is -4.55. The largest absolute Gasteiger partial charge is 0.433 e. The molecular weight excluding hydrogens is 291 g/mol. The van der Waals surface area contributed by atoms with E-state index in [1.165, 1.54) is 0 Å². The van der Waals surface area contributed by atoms with E-state index < -0.39 is 11.9 Å². The van der Waals surface area contributed by atoms with Gasteiger partial charge in [0.05, 0.1) is 6.54 Å². The molecule has 0 aliphatic rings. The van der Waals surface area contributed by atoms with E-state index in [2.05, 4.69) is 15.3 Å². The van der Waals surface area contributed by atoms with E-state index >= 15 is 0 Å². The molecule has 2 heterocycles. The van der Waals surface area contributed by atoms with Gasteiger partial charge < -0.3 is 5.32 Å². The first-order chi connectivity index (χ1) is 9.38. The molecule has 5 nitrogen and oxygen atoms in total. The number of nitrogens with zero attached hydrogens (tertiary/aromatic N) is 2. The average molecular weight is 303 g/mol. The van der Waals surface area contributed by atoms with Gasteiger partial charge in [0.2, 0.25) is 5.95 Å². The number of anilines is 2. The molecule has 0 bridgehead atoms. The fourth-order valence-corrected chi connectivity index (χ4v) is 2.34. The van der Waals surface area contributed by atoms with Crippen molar-refractivity contribution >= 4 is 23.1 Å². The molecule has 108 valence electrons. The highest BCUT2D eigenvalue weighted by Gasteiger charge is 2.33. The molecule has 2 rings (SSSR count). The maximum absolute atomic E-state index is 12.7. The zero-order valence-electron chi connectivity index (χ0n) is 10.5. The first-order valence-electron chi connectivity index (χ1n) is 5.60. The summed E-state index contributed by atoms with van der Waals surface area (Å²) in [4.78, 5) is 9.23. The molecule has 0 aromatic carbocycles. The SMILES string of the molecule is Cc1ccc(CNc2cc(C(F)(F)F)nc(NN)n2)s1. The van der Waals surface area contributed by atoms with Crippen molar-refractivity contribution in [2.45, 2.75) is 19.6 Å². The molecule has 0 aliphatic heterocycles. The third kappa shape index (κ3) is 3.58. The van der Waals surface area contributed by atoms with Crippen LogP contribution in [0.1, 0.15) is 15.4 Å². The minimum Gasteiger partial charge on any atom is -0.365 e. The van der Waals surface area contributed by atoms with Gasteiger partial charge in [-0.1, -0.05) is 0 Å². The standard InChI is InChI=1S/C11H12F3N5S/c1-6-2-3-7(20-6)5-16-9-4-8(11(12,13)14)17-10(18-9)19-15/h2-4H,5,15H2,1H3,(H2,16,17,18,19). The Morgan fingerprint density at radius 3 is 2.60 bits per heavy atom. The molecule has 0 amide bonds. The van der Waals surface area contributed by atoms with Gasteiger partial charge in [-0.05, 0) is 19.1 Å². The quantitative estimate of drug-likeness (QED) is 0.598. The fraction of sp³-hybridized carbons (Fsp3) is 0.273. The smallest absolute Gasteiger partial charge is 0.365 e. The fourth-order valence-electron chi connectivity index (χ4n) is 1.51. The van der Waals surface area contributed by atoms with Crippen molar-refractivity contribution in [3.8, 4) is 0 Å². The summed E-state index contributed by atoms with van der Waals surface area (Å²) in [6.45, 7) is 2.34. The number of thiophene rings is 1. The summed E-state index contributed by atoms with van der Waals surface area (Å²) in [5.41, 5.74) is 0.972. The first kappa shape index (κ1) is 14.5. The summed E-state index contributed by atoms with van der Waals surface area (Å²) >= 11 is 1.56. The molecule has 0 spiro atoms. The van der Waals surface area contributed by atoms with Crippen LogP contribution >= 0.6 is 11.3 Å². The van der Waals surface area contributed by atoms with Crippen molar-refractivity contribution in [3.63, 3.8) is 0 Å². The van der Waals surface area contributed by atoms with E-state index in [4.69, 9.17) is 5.84 Å². The molecule has 2 aromatic heterocycles. The number of nitrogen functional groups attached to an aromatic ring is 1. The molecule has 20 heavy (non-hydrogen) atoms. The van der Waals surface area contributed by atoms with E-state index in [1.54, 1.807) is 11.3 Å². The Kier molecular flexibility index (Phi) is 4.09. The van der Waals surface area contributed by atoms with Gasteiger partial charge in [0.1, 0.15) is 5.82 Å². The van der Waals surface area contributed by atoms with Crippen LogP contribution < -0.4 is 16.6 Å². The van der Waals surface area contributed by atoms with Gasteiger partial charge in [0, 0.05) is 15.8 Å². The summed E-state index contributed by atoms with van der Waals surface area (Å²) < 4.78 is 38.0. The Morgan fingerprint density at radius 1 is 1.30 bits per heavy atom. The van der Waals surface area contributed by atoms with Gasteiger partial charge in [-0.15, -0.1) is 11.3 Å². The summed E-state index contributed by atoms with van der Waals surface area (Å²) in [5.74, 6) is 4.85. The minimum absolute atomic E-state index is 0.0614. The molecule has 0 aliphatic carbocycles. The summed E-state index contributed by atoms with van der Waals surface area (Å²) in [7, 11) is 0. The number of aryl methyl sites for hydroxylation is 1. The molecule has 0 fully saturated rings. The van der Waals surface area contributed by atoms with Crippen LogP contribution in [0.3, 0.4) is 0 Å². The van der Waals surface area contributed by atoms with Crippen LogP contribution in [0.15, 0.2) is 18.2 Å². The Balaban J connectivity index is 2.18. The lowest BCUT2D eigenvalue weighted by molar-refractivity contribution is -0.141. The number of nitrogens with two attached hydrogens (primary N) is 1. The van der Waals surface area contributed by atoms with Gasteiger partial charge in [0.15, 0.2) is 5.69 Å². The molecule has 2 aromatic rings. The zero-order valence-corrected chi connectivity index (χ0v) is 11.3. The lowest BCUT2D eigenvalue weighted by Gasteiger charge is -2.10. The third-order valence-corrected chi connectivity index (χ3v) is 3.39. The third-order valence-electron chi connectivity index (χ3n) is 2.39. The van der Waals surface area contributed by atoms with Gasteiger partial charge in [-0.25, -0.2) is 10.8 Å². The molecule has 0 saturated heterocycles. The number of alkyl halides is 3. The van der Waals surface area contributed by atoms with Crippen LogP contribution in [-0.2, 0) is 12.7 Å². The van der Waals surface area contributed by atoms with Crippen LogP contribution in [0.5, 0.6) is 0 Å². The zero-order chi connectivity index (χ0) is 14.8. The molecular formula is C11H12F3N5S.